The van der Waals surface area contributed by atoms with E-state index in [2.05, 4.69) is 32.8 Å². The van der Waals surface area contributed by atoms with Gasteiger partial charge in [-0.1, -0.05) is 12.7 Å². The van der Waals surface area contributed by atoms with Gasteiger partial charge in [-0.2, -0.15) is 0 Å². The van der Waals surface area contributed by atoms with Crippen LogP contribution in [0, 0.1) is 5.82 Å². The fraction of sp³-hybridized carbons (Fsp3) is 0.125. The minimum Gasteiger partial charge on any atom is -0.373 e. The van der Waals surface area contributed by atoms with E-state index in [1.807, 2.05) is 0 Å². The van der Waals surface area contributed by atoms with Crippen molar-refractivity contribution in [3.63, 3.8) is 0 Å². The molecule has 0 unspecified atom stereocenters. The second-order valence-electron chi connectivity index (χ2n) is 2.14. The molecule has 12 heavy (non-hydrogen) atoms. The summed E-state index contributed by atoms with van der Waals surface area (Å²) in [6.45, 7) is 3.50. The maximum atomic E-state index is 13.3. The van der Waals surface area contributed by atoms with Gasteiger partial charge in [-0.05, 0) is 15.9 Å². The molecule has 2 nitrogen and oxygen atoms in total. The number of pyridine rings is 1. The molecular formula is C8H8BrFN2. The van der Waals surface area contributed by atoms with Gasteiger partial charge in [0.2, 0.25) is 0 Å². The molecule has 0 fully saturated rings. The molecule has 0 aliphatic heterocycles. The average molecular weight is 231 g/mol. The Bertz CT molecular complexity index is 312. The first-order chi connectivity index (χ1) is 5.70. The summed E-state index contributed by atoms with van der Waals surface area (Å²) in [6.07, 6.45) is 2.84. The lowest BCUT2D eigenvalue weighted by atomic mass is 10.2. The van der Waals surface area contributed by atoms with Gasteiger partial charge in [0.05, 0.1) is 10.0 Å². The molecular weight excluding hydrogens is 223 g/mol. The van der Waals surface area contributed by atoms with Crippen LogP contribution in [-0.2, 0) is 0 Å². The molecule has 0 radical (unpaired) electrons. The Kier molecular flexibility index (Phi) is 2.81. The van der Waals surface area contributed by atoms with Crippen molar-refractivity contribution in [2.24, 2.45) is 0 Å². The van der Waals surface area contributed by atoms with Crippen LogP contribution in [0.2, 0.25) is 0 Å². The van der Waals surface area contributed by atoms with E-state index in [0.717, 1.165) is 0 Å². The van der Waals surface area contributed by atoms with Crippen LogP contribution in [0.15, 0.2) is 17.2 Å². The molecule has 0 saturated carbocycles. The lowest BCUT2D eigenvalue weighted by Crippen LogP contribution is -1.98. The van der Waals surface area contributed by atoms with E-state index in [-0.39, 0.29) is 5.82 Å². The fourth-order valence-electron chi connectivity index (χ4n) is 0.866. The predicted molar refractivity (Wildman–Crippen MR) is 51.5 cm³/mol. The number of hydrogen-bond acceptors (Lipinski definition) is 2. The van der Waals surface area contributed by atoms with E-state index < -0.39 is 0 Å². The van der Waals surface area contributed by atoms with Gasteiger partial charge in [-0.25, -0.2) is 9.37 Å². The summed E-state index contributed by atoms with van der Waals surface area (Å²) in [7, 11) is 1.68. The van der Waals surface area contributed by atoms with Crippen molar-refractivity contribution >= 4 is 27.8 Å². The number of nitrogens with zero attached hydrogens (tertiary/aromatic N) is 1. The van der Waals surface area contributed by atoms with Crippen LogP contribution in [0.3, 0.4) is 0 Å². The Labute approximate surface area is 78.6 Å². The van der Waals surface area contributed by atoms with Gasteiger partial charge in [0, 0.05) is 13.2 Å². The minimum atomic E-state index is -0.343. The van der Waals surface area contributed by atoms with Gasteiger partial charge in [0.1, 0.15) is 11.6 Å². The van der Waals surface area contributed by atoms with Crippen LogP contribution in [0.1, 0.15) is 5.56 Å². The standard InChI is InChI=1S/C8H8BrFN2/c1-3-5-7(10)6(9)4-12-8(5)11-2/h3-4H,1H2,2H3,(H,11,12). The molecule has 0 aliphatic rings. The molecule has 1 N–H and O–H groups in total. The molecule has 1 heterocycles. The second-order valence-corrected chi connectivity index (χ2v) is 2.99. The summed E-state index contributed by atoms with van der Waals surface area (Å²) in [6, 6.07) is 0. The number of hydrogen-bond donors (Lipinski definition) is 1. The first kappa shape index (κ1) is 9.19. The molecule has 1 aromatic heterocycles. The highest BCUT2D eigenvalue weighted by Crippen LogP contribution is 2.23. The van der Waals surface area contributed by atoms with Crippen LogP contribution in [0.5, 0.6) is 0 Å². The predicted octanol–water partition coefficient (Wildman–Crippen LogP) is 2.67. The van der Waals surface area contributed by atoms with Crippen molar-refractivity contribution < 1.29 is 4.39 Å². The van der Waals surface area contributed by atoms with Gasteiger partial charge in [0.25, 0.3) is 0 Å². The largest absolute Gasteiger partial charge is 0.373 e. The molecule has 1 aromatic rings. The Balaban J connectivity index is 3.35. The Morgan fingerprint density at radius 2 is 2.42 bits per heavy atom. The molecule has 0 aliphatic carbocycles. The highest BCUT2D eigenvalue weighted by atomic mass is 79.9. The second kappa shape index (κ2) is 3.67. The van der Waals surface area contributed by atoms with E-state index in [0.29, 0.717) is 15.9 Å². The van der Waals surface area contributed by atoms with Crippen molar-refractivity contribution in [2.75, 3.05) is 12.4 Å². The third-order valence-corrected chi connectivity index (χ3v) is 2.00. The van der Waals surface area contributed by atoms with E-state index in [1.54, 1.807) is 7.05 Å². The first-order valence-corrected chi connectivity index (χ1v) is 4.14. The van der Waals surface area contributed by atoms with Crippen LogP contribution >= 0.6 is 15.9 Å². The summed E-state index contributed by atoms with van der Waals surface area (Å²) in [5.41, 5.74) is 0.381. The van der Waals surface area contributed by atoms with Crippen molar-refractivity contribution in [1.82, 2.24) is 4.98 Å². The van der Waals surface area contributed by atoms with Crippen molar-refractivity contribution in [2.45, 2.75) is 0 Å². The topological polar surface area (TPSA) is 24.9 Å². The SMILES string of the molecule is C=Cc1c(NC)ncc(Br)c1F. The minimum absolute atomic E-state index is 0.343. The lowest BCUT2D eigenvalue weighted by molar-refractivity contribution is 0.616. The van der Waals surface area contributed by atoms with Gasteiger partial charge in [-0.15, -0.1) is 0 Å². The van der Waals surface area contributed by atoms with E-state index in [4.69, 9.17) is 0 Å². The first-order valence-electron chi connectivity index (χ1n) is 3.35. The summed E-state index contributed by atoms with van der Waals surface area (Å²) in [4.78, 5) is 3.96. The lowest BCUT2D eigenvalue weighted by Gasteiger charge is -2.05. The number of nitrogens with one attached hydrogen (secondary N) is 1. The van der Waals surface area contributed by atoms with Gasteiger partial charge < -0.3 is 5.32 Å². The maximum absolute atomic E-state index is 13.3. The molecule has 0 spiro atoms. The molecule has 4 heteroatoms. The Hall–Kier alpha value is -0.900. The van der Waals surface area contributed by atoms with Gasteiger partial charge in [-0.3, -0.25) is 0 Å². The maximum Gasteiger partial charge on any atom is 0.149 e. The third kappa shape index (κ3) is 1.48. The molecule has 0 amide bonds. The van der Waals surface area contributed by atoms with Crippen molar-refractivity contribution in [3.05, 3.63) is 28.6 Å². The van der Waals surface area contributed by atoms with Gasteiger partial charge in [0.15, 0.2) is 0 Å². The number of rotatable bonds is 2. The summed E-state index contributed by atoms with van der Waals surface area (Å²) >= 11 is 3.04. The Morgan fingerprint density at radius 1 is 1.75 bits per heavy atom. The Morgan fingerprint density at radius 3 is 2.92 bits per heavy atom. The third-order valence-electron chi connectivity index (χ3n) is 1.45. The zero-order valence-electron chi connectivity index (χ0n) is 6.56. The molecule has 1 rings (SSSR count). The van der Waals surface area contributed by atoms with Crippen molar-refractivity contribution in [1.29, 1.82) is 0 Å². The quantitative estimate of drug-likeness (QED) is 0.846. The number of aromatic nitrogens is 1. The van der Waals surface area contributed by atoms with E-state index in [1.165, 1.54) is 12.3 Å². The van der Waals surface area contributed by atoms with E-state index in [9.17, 15) is 4.39 Å². The highest BCUT2D eigenvalue weighted by molar-refractivity contribution is 9.10. The van der Waals surface area contributed by atoms with E-state index >= 15 is 0 Å². The normalized spacial score (nSPS) is 9.58. The number of halogens is 2. The monoisotopic (exact) mass is 230 g/mol. The molecule has 0 aromatic carbocycles. The van der Waals surface area contributed by atoms with Gasteiger partial charge >= 0.3 is 0 Å². The summed E-state index contributed by atoms with van der Waals surface area (Å²) in [5, 5.41) is 2.77. The smallest absolute Gasteiger partial charge is 0.149 e. The molecule has 0 bridgehead atoms. The molecule has 0 atom stereocenters. The summed E-state index contributed by atoms with van der Waals surface area (Å²) in [5.74, 6) is 0.148. The van der Waals surface area contributed by atoms with Crippen LogP contribution in [0.25, 0.3) is 6.08 Å². The van der Waals surface area contributed by atoms with Crippen LogP contribution in [-0.4, -0.2) is 12.0 Å². The average Bonchev–Trinajstić information content (AvgIpc) is 2.09. The fourth-order valence-corrected chi connectivity index (χ4v) is 1.18. The highest BCUT2D eigenvalue weighted by Gasteiger charge is 2.08. The molecule has 0 saturated heterocycles. The summed E-state index contributed by atoms with van der Waals surface area (Å²) < 4.78 is 13.6. The zero-order chi connectivity index (χ0) is 9.14. The molecule has 64 valence electrons. The van der Waals surface area contributed by atoms with Crippen LogP contribution < -0.4 is 5.32 Å². The van der Waals surface area contributed by atoms with Crippen LogP contribution in [0.4, 0.5) is 10.2 Å². The number of anilines is 1. The van der Waals surface area contributed by atoms with Crippen molar-refractivity contribution in [3.8, 4) is 0 Å². The zero-order valence-corrected chi connectivity index (χ0v) is 8.15.